The Kier molecular flexibility index (Phi) is 4.59. The Labute approximate surface area is 165 Å². The lowest BCUT2D eigenvalue weighted by molar-refractivity contribution is -0.115. The van der Waals surface area contributed by atoms with Crippen LogP contribution in [-0.2, 0) is 11.2 Å². The highest BCUT2D eigenvalue weighted by Crippen LogP contribution is 2.22. The SMILES string of the molecule is Cc1ccc2nc(-c3ccc(NC(=O)Cc4c(C)[nH]c(=O)[nH]c4=O)cc3)[nH]c2c1. The maximum absolute atomic E-state index is 12.3. The molecule has 0 atom stereocenters. The molecule has 0 bridgehead atoms. The molecule has 8 nitrogen and oxygen atoms in total. The number of amides is 1. The van der Waals surface area contributed by atoms with Crippen molar-refractivity contribution in [2.45, 2.75) is 20.3 Å². The molecule has 4 N–H and O–H groups in total. The van der Waals surface area contributed by atoms with E-state index in [1.807, 2.05) is 37.3 Å². The molecule has 0 aliphatic carbocycles. The molecule has 0 saturated heterocycles. The van der Waals surface area contributed by atoms with Crippen molar-refractivity contribution in [3.8, 4) is 11.4 Å². The number of nitrogens with one attached hydrogen (secondary N) is 4. The van der Waals surface area contributed by atoms with E-state index in [-0.39, 0.29) is 17.9 Å². The molecule has 2 aromatic heterocycles. The Morgan fingerprint density at radius 1 is 1.00 bits per heavy atom. The Morgan fingerprint density at radius 3 is 2.48 bits per heavy atom. The molecule has 0 radical (unpaired) electrons. The number of hydrogen-bond acceptors (Lipinski definition) is 4. The van der Waals surface area contributed by atoms with Crippen LogP contribution in [0.15, 0.2) is 52.1 Å². The fraction of sp³-hybridized carbons (Fsp3) is 0.143. The molecule has 29 heavy (non-hydrogen) atoms. The number of rotatable bonds is 4. The zero-order valence-electron chi connectivity index (χ0n) is 15.9. The normalized spacial score (nSPS) is 11.0. The maximum Gasteiger partial charge on any atom is 0.325 e. The first kappa shape index (κ1) is 18.4. The summed E-state index contributed by atoms with van der Waals surface area (Å²) in [6.07, 6.45) is -0.136. The first-order chi connectivity index (χ1) is 13.9. The van der Waals surface area contributed by atoms with Crippen LogP contribution < -0.4 is 16.6 Å². The van der Waals surface area contributed by atoms with Crippen LogP contribution in [0.5, 0.6) is 0 Å². The summed E-state index contributed by atoms with van der Waals surface area (Å²) in [5.74, 6) is 0.400. The second-order valence-electron chi connectivity index (χ2n) is 6.92. The van der Waals surface area contributed by atoms with Gasteiger partial charge in [0.15, 0.2) is 0 Å². The number of imidazole rings is 1. The molecule has 8 heteroatoms. The molecule has 0 fully saturated rings. The van der Waals surface area contributed by atoms with Gasteiger partial charge in [0.2, 0.25) is 5.91 Å². The zero-order valence-corrected chi connectivity index (χ0v) is 15.9. The molecule has 0 aliphatic rings. The number of carbonyl (C=O) groups excluding carboxylic acids is 1. The van der Waals surface area contributed by atoms with Crippen molar-refractivity contribution in [2.75, 3.05) is 5.32 Å². The van der Waals surface area contributed by atoms with Crippen LogP contribution in [0.4, 0.5) is 5.69 Å². The van der Waals surface area contributed by atoms with Crippen LogP contribution in [0, 0.1) is 13.8 Å². The summed E-state index contributed by atoms with van der Waals surface area (Å²) in [7, 11) is 0. The first-order valence-electron chi connectivity index (χ1n) is 9.08. The summed E-state index contributed by atoms with van der Waals surface area (Å²) in [5, 5.41) is 2.76. The molecular formula is C21H19N5O3. The average molecular weight is 389 g/mol. The number of aromatic amines is 3. The van der Waals surface area contributed by atoms with Crippen LogP contribution in [0.25, 0.3) is 22.4 Å². The third kappa shape index (κ3) is 3.86. The lowest BCUT2D eigenvalue weighted by atomic mass is 10.1. The van der Waals surface area contributed by atoms with Crippen molar-refractivity contribution < 1.29 is 4.79 Å². The molecule has 2 heterocycles. The van der Waals surface area contributed by atoms with Gasteiger partial charge in [0.1, 0.15) is 5.82 Å². The van der Waals surface area contributed by atoms with Crippen LogP contribution in [0.1, 0.15) is 16.8 Å². The first-order valence-corrected chi connectivity index (χ1v) is 9.08. The summed E-state index contributed by atoms with van der Waals surface area (Å²) >= 11 is 0. The van der Waals surface area contributed by atoms with Crippen molar-refractivity contribution in [1.82, 2.24) is 19.9 Å². The monoisotopic (exact) mass is 389 g/mol. The lowest BCUT2D eigenvalue weighted by Gasteiger charge is -2.07. The van der Waals surface area contributed by atoms with E-state index in [4.69, 9.17) is 0 Å². The van der Waals surface area contributed by atoms with Crippen molar-refractivity contribution in [2.24, 2.45) is 0 Å². The third-order valence-corrected chi connectivity index (χ3v) is 4.67. The molecule has 4 rings (SSSR count). The van der Waals surface area contributed by atoms with Crippen molar-refractivity contribution in [3.63, 3.8) is 0 Å². The van der Waals surface area contributed by atoms with Gasteiger partial charge in [-0.25, -0.2) is 9.78 Å². The Morgan fingerprint density at radius 2 is 1.76 bits per heavy atom. The van der Waals surface area contributed by atoms with Gasteiger partial charge in [0.25, 0.3) is 5.56 Å². The Bertz CT molecular complexity index is 1330. The molecule has 1 amide bonds. The number of H-pyrrole nitrogens is 3. The highest BCUT2D eigenvalue weighted by molar-refractivity contribution is 5.92. The fourth-order valence-corrected chi connectivity index (χ4v) is 3.18. The number of carbonyl (C=O) groups is 1. The minimum atomic E-state index is -0.590. The fourth-order valence-electron chi connectivity index (χ4n) is 3.18. The van der Waals surface area contributed by atoms with Gasteiger partial charge in [-0.2, -0.15) is 0 Å². The van der Waals surface area contributed by atoms with Gasteiger partial charge >= 0.3 is 5.69 Å². The number of hydrogen-bond donors (Lipinski definition) is 4. The summed E-state index contributed by atoms with van der Waals surface area (Å²) < 4.78 is 0. The standard InChI is InChI=1S/C21H19N5O3/c1-11-3-8-16-17(9-11)25-19(24-16)13-4-6-14(7-5-13)23-18(27)10-15-12(2)22-21(29)26-20(15)28/h3-9H,10H2,1-2H3,(H,23,27)(H,24,25)(H2,22,26,28,29). The maximum atomic E-state index is 12.3. The predicted octanol–water partition coefficient (Wildman–Crippen LogP) is 2.40. The van der Waals surface area contributed by atoms with Crippen molar-refractivity contribution in [1.29, 1.82) is 0 Å². The van der Waals surface area contributed by atoms with Gasteiger partial charge < -0.3 is 15.3 Å². The van der Waals surface area contributed by atoms with E-state index in [1.54, 1.807) is 19.1 Å². The number of aromatic nitrogens is 4. The molecule has 0 aliphatic heterocycles. The van der Waals surface area contributed by atoms with Crippen LogP contribution in [0.2, 0.25) is 0 Å². The quantitative estimate of drug-likeness (QED) is 0.428. The van der Waals surface area contributed by atoms with Gasteiger partial charge in [0.05, 0.1) is 17.5 Å². The van der Waals surface area contributed by atoms with Crippen LogP contribution >= 0.6 is 0 Å². The second kappa shape index (κ2) is 7.23. The number of fused-ring (bicyclic) bond motifs is 1. The highest BCUT2D eigenvalue weighted by atomic mass is 16.2. The van der Waals surface area contributed by atoms with Gasteiger partial charge in [-0.3, -0.25) is 14.6 Å². The van der Waals surface area contributed by atoms with Crippen LogP contribution in [-0.4, -0.2) is 25.8 Å². The highest BCUT2D eigenvalue weighted by Gasteiger charge is 2.12. The van der Waals surface area contributed by atoms with E-state index in [9.17, 15) is 14.4 Å². The van der Waals surface area contributed by atoms with Gasteiger partial charge in [-0.15, -0.1) is 0 Å². The Hall–Kier alpha value is -3.94. The van der Waals surface area contributed by atoms with E-state index in [1.165, 1.54) is 0 Å². The minimum absolute atomic E-state index is 0.136. The van der Waals surface area contributed by atoms with Crippen molar-refractivity contribution >= 4 is 22.6 Å². The van der Waals surface area contributed by atoms with Gasteiger partial charge in [-0.05, 0) is 55.8 Å². The topological polar surface area (TPSA) is 123 Å². The molecule has 2 aromatic carbocycles. The lowest BCUT2D eigenvalue weighted by Crippen LogP contribution is -2.29. The van der Waals surface area contributed by atoms with E-state index >= 15 is 0 Å². The summed E-state index contributed by atoms with van der Waals surface area (Å²) in [5.41, 5.74) is 3.98. The van der Waals surface area contributed by atoms with Crippen molar-refractivity contribution in [3.05, 3.63) is 80.1 Å². The zero-order chi connectivity index (χ0) is 20.5. The van der Waals surface area contributed by atoms with E-state index in [2.05, 4.69) is 25.3 Å². The smallest absolute Gasteiger partial charge is 0.325 e. The minimum Gasteiger partial charge on any atom is -0.338 e. The van der Waals surface area contributed by atoms with E-state index < -0.39 is 11.2 Å². The molecule has 0 unspecified atom stereocenters. The summed E-state index contributed by atoms with van der Waals surface area (Å²) in [6, 6.07) is 13.3. The molecule has 4 aromatic rings. The number of aryl methyl sites for hydroxylation is 2. The van der Waals surface area contributed by atoms with Gasteiger partial charge in [0, 0.05) is 22.5 Å². The van der Waals surface area contributed by atoms with E-state index in [0.717, 1.165) is 28.0 Å². The molecular weight excluding hydrogens is 370 g/mol. The van der Waals surface area contributed by atoms with Gasteiger partial charge in [-0.1, -0.05) is 6.07 Å². The number of anilines is 1. The predicted molar refractivity (Wildman–Crippen MR) is 111 cm³/mol. The molecule has 146 valence electrons. The van der Waals surface area contributed by atoms with E-state index in [0.29, 0.717) is 11.4 Å². The Balaban J connectivity index is 1.50. The number of benzene rings is 2. The number of nitrogens with zero attached hydrogens (tertiary/aromatic N) is 1. The summed E-state index contributed by atoms with van der Waals surface area (Å²) in [4.78, 5) is 47.9. The molecule has 0 spiro atoms. The second-order valence-corrected chi connectivity index (χ2v) is 6.92. The van der Waals surface area contributed by atoms with Crippen LogP contribution in [0.3, 0.4) is 0 Å². The molecule has 0 saturated carbocycles. The summed E-state index contributed by atoms with van der Waals surface area (Å²) in [6.45, 7) is 3.61. The average Bonchev–Trinajstić information content (AvgIpc) is 3.08. The largest absolute Gasteiger partial charge is 0.338 e. The third-order valence-electron chi connectivity index (χ3n) is 4.67.